The Morgan fingerprint density at radius 3 is 2.73 bits per heavy atom. The molecule has 0 saturated carbocycles. The number of ether oxygens (including phenoxy) is 1. The van der Waals surface area contributed by atoms with Crippen LogP contribution >= 0.6 is 0 Å². The van der Waals surface area contributed by atoms with Crippen molar-refractivity contribution in [3.63, 3.8) is 0 Å². The summed E-state index contributed by atoms with van der Waals surface area (Å²) in [6, 6.07) is 9.13. The monoisotopic (exact) mass is 213 g/mol. The van der Waals surface area contributed by atoms with Crippen molar-refractivity contribution in [2.45, 2.75) is 6.61 Å². The molecule has 0 unspecified atom stereocenters. The van der Waals surface area contributed by atoms with Gasteiger partial charge in [-0.2, -0.15) is 0 Å². The molecule has 0 saturated heterocycles. The van der Waals surface area contributed by atoms with Gasteiger partial charge in [0.05, 0.1) is 0 Å². The van der Waals surface area contributed by atoms with Gasteiger partial charge in [-0.3, -0.25) is 4.79 Å². The molecule has 1 rings (SSSR count). The van der Waals surface area contributed by atoms with Crippen molar-refractivity contribution in [3.05, 3.63) is 35.9 Å². The number of hydrogen-bond acceptors (Lipinski definition) is 3. The second kappa shape index (κ2) is 5.64. The molecule has 0 aliphatic carbocycles. The second-order valence-electron chi connectivity index (χ2n) is 2.81. The molecule has 0 heterocycles. The van der Waals surface area contributed by atoms with Crippen LogP contribution in [0.15, 0.2) is 30.3 Å². The lowest BCUT2D eigenvalue weighted by atomic mass is 10.2. The molecule has 1 amide bonds. The first kappa shape index (κ1) is 11.0. The predicted octanol–water partition coefficient (Wildman–Crippen LogP) is 0.997. The van der Waals surface area contributed by atoms with E-state index in [0.29, 0.717) is 0 Å². The number of hydrogen-bond donors (Lipinski definition) is 2. The van der Waals surface area contributed by atoms with Crippen molar-refractivity contribution in [1.29, 1.82) is 0 Å². The molecule has 0 aliphatic heterocycles. The largest absolute Gasteiger partial charge is 0.480 e. The first-order chi connectivity index (χ1) is 7.18. The maximum absolute atomic E-state index is 10.9. The number of carboxylic acids is 1. The highest BCUT2D eigenvalue weighted by Gasteiger charge is 2.04. The summed E-state index contributed by atoms with van der Waals surface area (Å²) >= 11 is 0. The Morgan fingerprint density at radius 2 is 2.13 bits per heavy atom. The fourth-order valence-electron chi connectivity index (χ4n) is 0.922. The van der Waals surface area contributed by atoms with E-state index in [4.69, 9.17) is 9.84 Å². The maximum atomic E-state index is 10.9. The van der Waals surface area contributed by atoms with Crippen LogP contribution in [0.3, 0.4) is 0 Å². The molecule has 0 bridgehead atoms. The molecular weight excluding hydrogens is 202 g/mol. The van der Waals surface area contributed by atoms with Gasteiger partial charge in [-0.05, 0) is 5.56 Å². The number of aliphatic carboxylic acids is 1. The van der Waals surface area contributed by atoms with Gasteiger partial charge in [-0.1, -0.05) is 30.3 Å². The van der Waals surface area contributed by atoms with E-state index in [9.17, 15) is 9.59 Å². The first-order valence-electron chi connectivity index (χ1n) is 4.35. The van der Waals surface area contributed by atoms with E-state index in [-0.39, 0.29) is 6.61 Å². The summed E-state index contributed by atoms with van der Waals surface area (Å²) in [5, 5.41) is 10.4. The highest BCUT2D eigenvalue weighted by molar-refractivity contribution is 5.76. The minimum absolute atomic E-state index is 0.131. The van der Waals surface area contributed by atoms with E-state index >= 15 is 0 Å². The van der Waals surface area contributed by atoms with Crippen LogP contribution in [-0.4, -0.2) is 23.7 Å². The SMILES string of the molecule is O=C(N[14CH2][14C](=O)O)OCc1ccccc1. The Labute approximate surface area is 86.7 Å². The quantitative estimate of drug-likeness (QED) is 0.782. The summed E-state index contributed by atoms with van der Waals surface area (Å²) in [6.45, 7) is -0.306. The zero-order valence-corrected chi connectivity index (χ0v) is 7.97. The third-order valence-electron chi connectivity index (χ3n) is 1.60. The number of benzene rings is 1. The Morgan fingerprint density at radius 1 is 1.47 bits per heavy atom. The standard InChI is InChI=1S/C10H11NO4/c12-9(13)6-11-10(14)15-7-8-4-2-1-3-5-8/h1-5H,6-7H2,(H,11,14)(H,12,13)/i6+2,9+2. The molecule has 80 valence electrons. The predicted molar refractivity (Wildman–Crippen MR) is 52.3 cm³/mol. The molecule has 0 aromatic heterocycles. The normalized spacial score (nSPS) is 9.33. The third-order valence-corrected chi connectivity index (χ3v) is 1.60. The number of alkyl carbamates (subject to hydrolysis) is 1. The molecule has 0 aliphatic rings. The minimum Gasteiger partial charge on any atom is -0.480 e. The van der Waals surface area contributed by atoms with Crippen LogP contribution in [0, 0.1) is 0 Å². The summed E-state index contributed by atoms with van der Waals surface area (Å²) in [7, 11) is 0. The molecule has 0 atom stereocenters. The Hall–Kier alpha value is -2.04. The molecule has 2 N–H and O–H groups in total. The van der Waals surface area contributed by atoms with Crippen molar-refractivity contribution in [1.82, 2.24) is 5.32 Å². The van der Waals surface area contributed by atoms with Gasteiger partial charge in [0.25, 0.3) is 0 Å². The second-order valence-corrected chi connectivity index (χ2v) is 2.81. The summed E-state index contributed by atoms with van der Waals surface area (Å²) in [4.78, 5) is 21.0. The molecule has 5 heteroatoms. The number of amides is 1. The van der Waals surface area contributed by atoms with Crippen LogP contribution in [0.1, 0.15) is 5.56 Å². The number of nitrogens with one attached hydrogen (secondary N) is 1. The molecule has 0 radical (unpaired) electrons. The highest BCUT2D eigenvalue weighted by Crippen LogP contribution is 2.00. The molecule has 0 spiro atoms. The fraction of sp³-hybridized carbons (Fsp3) is 0.200. The highest BCUT2D eigenvalue weighted by atomic mass is 16.7. The lowest BCUT2D eigenvalue weighted by Gasteiger charge is -2.04. The summed E-state index contributed by atoms with van der Waals surface area (Å²) in [5.74, 6) is -1.10. The number of carbonyl (C=O) groups is 2. The topological polar surface area (TPSA) is 75.6 Å². The molecule has 5 nitrogen and oxygen atoms in total. The van der Waals surface area contributed by atoms with Crippen molar-refractivity contribution in [2.75, 3.05) is 6.54 Å². The molecule has 1 aromatic carbocycles. The van der Waals surface area contributed by atoms with Gasteiger partial charge in [-0.15, -0.1) is 0 Å². The van der Waals surface area contributed by atoms with E-state index in [1.165, 1.54) is 0 Å². The lowest BCUT2D eigenvalue weighted by Crippen LogP contribution is -2.29. The molecule has 0 fully saturated rings. The van der Waals surface area contributed by atoms with Crippen LogP contribution in [0.2, 0.25) is 0 Å². The van der Waals surface area contributed by atoms with Gasteiger partial charge in [0, 0.05) is 0 Å². The zero-order valence-electron chi connectivity index (χ0n) is 7.97. The van der Waals surface area contributed by atoms with Crippen LogP contribution in [0.4, 0.5) is 4.79 Å². The Kier molecular flexibility index (Phi) is 4.15. The van der Waals surface area contributed by atoms with E-state index in [1.807, 2.05) is 30.3 Å². The molecular formula is C10H11NO4. The Balaban J connectivity index is 2.26. The third kappa shape index (κ3) is 4.66. The zero-order chi connectivity index (χ0) is 11.1. The van der Waals surface area contributed by atoms with E-state index in [2.05, 4.69) is 5.32 Å². The van der Waals surface area contributed by atoms with Gasteiger partial charge in [0.1, 0.15) is 13.2 Å². The van der Waals surface area contributed by atoms with Crippen LogP contribution in [-0.2, 0) is 16.1 Å². The van der Waals surface area contributed by atoms with Gasteiger partial charge < -0.3 is 15.2 Å². The number of carboxylic acid groups (broad SMARTS) is 1. The van der Waals surface area contributed by atoms with Crippen LogP contribution < -0.4 is 5.32 Å². The van der Waals surface area contributed by atoms with Gasteiger partial charge in [-0.25, -0.2) is 4.79 Å². The first-order valence-corrected chi connectivity index (χ1v) is 4.35. The summed E-state index contributed by atoms with van der Waals surface area (Å²) < 4.78 is 4.77. The van der Waals surface area contributed by atoms with Crippen molar-refractivity contribution in [2.24, 2.45) is 0 Å². The van der Waals surface area contributed by atoms with Crippen LogP contribution in [0.5, 0.6) is 0 Å². The van der Waals surface area contributed by atoms with Crippen molar-refractivity contribution < 1.29 is 19.4 Å². The van der Waals surface area contributed by atoms with Gasteiger partial charge in [0.2, 0.25) is 0 Å². The number of carbonyl (C=O) groups excluding carboxylic acids is 1. The summed E-state index contributed by atoms with van der Waals surface area (Å²) in [6.07, 6.45) is -0.735. The van der Waals surface area contributed by atoms with Crippen molar-refractivity contribution >= 4 is 12.1 Å². The summed E-state index contributed by atoms with van der Waals surface area (Å²) in [5.41, 5.74) is 0.850. The average Bonchev–Trinajstić information content (AvgIpc) is 2.25. The molecule has 1 aromatic rings. The smallest absolute Gasteiger partial charge is 0.407 e. The van der Waals surface area contributed by atoms with Gasteiger partial charge >= 0.3 is 12.1 Å². The lowest BCUT2D eigenvalue weighted by molar-refractivity contribution is -0.135. The van der Waals surface area contributed by atoms with E-state index in [0.717, 1.165) is 5.56 Å². The number of rotatable bonds is 4. The van der Waals surface area contributed by atoms with E-state index < -0.39 is 18.6 Å². The fourth-order valence-corrected chi connectivity index (χ4v) is 0.922. The van der Waals surface area contributed by atoms with E-state index in [1.54, 1.807) is 0 Å². The maximum Gasteiger partial charge on any atom is 0.407 e. The molecule has 15 heavy (non-hydrogen) atoms. The minimum atomic E-state index is -1.10. The van der Waals surface area contributed by atoms with Gasteiger partial charge in [0.15, 0.2) is 0 Å². The Bertz CT molecular complexity index is 337. The van der Waals surface area contributed by atoms with Crippen molar-refractivity contribution in [3.8, 4) is 0 Å². The van der Waals surface area contributed by atoms with Crippen LogP contribution in [0.25, 0.3) is 0 Å². The average molecular weight is 213 g/mol.